The highest BCUT2D eigenvalue weighted by atomic mass is 35.5. The third-order valence-electron chi connectivity index (χ3n) is 3.87. The van der Waals surface area contributed by atoms with E-state index in [1.807, 2.05) is 6.07 Å². The molecule has 5 nitrogen and oxygen atoms in total. The number of hydrogen-bond donors (Lipinski definition) is 1. The van der Waals surface area contributed by atoms with Gasteiger partial charge in [-0.3, -0.25) is 9.69 Å². The molecule has 6 heteroatoms. The van der Waals surface area contributed by atoms with Gasteiger partial charge < -0.3 is 15.2 Å². The maximum atomic E-state index is 10.9. The van der Waals surface area contributed by atoms with Gasteiger partial charge >= 0.3 is 0 Å². The molecular formula is C16H23ClN2O3. The van der Waals surface area contributed by atoms with Gasteiger partial charge in [0.25, 0.3) is 5.91 Å². The fourth-order valence-corrected chi connectivity index (χ4v) is 3.02. The van der Waals surface area contributed by atoms with Crippen LogP contribution >= 0.6 is 11.6 Å². The molecule has 0 spiro atoms. The lowest BCUT2D eigenvalue weighted by Crippen LogP contribution is -2.41. The van der Waals surface area contributed by atoms with E-state index in [9.17, 15) is 4.79 Å². The number of benzene rings is 1. The molecule has 1 aliphatic heterocycles. The van der Waals surface area contributed by atoms with E-state index in [0.717, 1.165) is 31.7 Å². The van der Waals surface area contributed by atoms with Crippen molar-refractivity contribution >= 4 is 17.5 Å². The highest BCUT2D eigenvalue weighted by Crippen LogP contribution is 2.27. The molecule has 1 aromatic carbocycles. The molecule has 1 fully saturated rings. The molecule has 1 atom stereocenters. The number of nitrogens with two attached hydrogens (primary N) is 1. The Balaban J connectivity index is 2.12. The highest BCUT2D eigenvalue weighted by molar-refractivity contribution is 6.30. The van der Waals surface area contributed by atoms with Gasteiger partial charge in [0, 0.05) is 30.3 Å². The van der Waals surface area contributed by atoms with E-state index in [1.165, 1.54) is 12.8 Å². The van der Waals surface area contributed by atoms with Crippen LogP contribution in [-0.2, 0) is 16.1 Å². The monoisotopic (exact) mass is 326 g/mol. The molecule has 0 aliphatic carbocycles. The molecule has 2 rings (SSSR count). The number of primary amides is 1. The summed E-state index contributed by atoms with van der Waals surface area (Å²) in [5, 5.41) is 0.654. The van der Waals surface area contributed by atoms with E-state index in [0.29, 0.717) is 16.8 Å². The number of amides is 1. The molecule has 1 heterocycles. The molecule has 1 aromatic rings. The zero-order valence-corrected chi connectivity index (χ0v) is 13.6. The van der Waals surface area contributed by atoms with Gasteiger partial charge in [-0.2, -0.15) is 0 Å². The van der Waals surface area contributed by atoms with Crippen molar-refractivity contribution in [2.75, 3.05) is 26.9 Å². The van der Waals surface area contributed by atoms with Crippen molar-refractivity contribution in [3.63, 3.8) is 0 Å². The number of likely N-dealkylation sites (tertiary alicyclic amines) is 1. The summed E-state index contributed by atoms with van der Waals surface area (Å²) in [6.45, 7) is 2.34. The molecule has 0 bridgehead atoms. The first kappa shape index (κ1) is 17.1. The van der Waals surface area contributed by atoms with Crippen molar-refractivity contribution in [3.8, 4) is 5.75 Å². The SMILES string of the molecule is COCC1CCCCN1Cc1cc(Cl)ccc1OCC(N)=O. The Morgan fingerprint density at radius 1 is 1.45 bits per heavy atom. The van der Waals surface area contributed by atoms with Crippen LogP contribution in [0.5, 0.6) is 5.75 Å². The first-order valence-corrected chi connectivity index (χ1v) is 7.90. The predicted molar refractivity (Wildman–Crippen MR) is 86.1 cm³/mol. The fraction of sp³-hybridized carbons (Fsp3) is 0.562. The van der Waals surface area contributed by atoms with Gasteiger partial charge in [-0.1, -0.05) is 18.0 Å². The number of piperidine rings is 1. The molecule has 0 saturated carbocycles. The lowest BCUT2D eigenvalue weighted by Gasteiger charge is -2.35. The summed E-state index contributed by atoms with van der Waals surface area (Å²) < 4.78 is 10.8. The Hall–Kier alpha value is -1.30. The van der Waals surface area contributed by atoms with Crippen molar-refractivity contribution in [2.45, 2.75) is 31.8 Å². The summed E-state index contributed by atoms with van der Waals surface area (Å²) in [4.78, 5) is 13.3. The van der Waals surface area contributed by atoms with Crippen molar-refractivity contribution in [2.24, 2.45) is 5.73 Å². The Kier molecular flexibility index (Phi) is 6.49. The van der Waals surface area contributed by atoms with Crippen molar-refractivity contribution < 1.29 is 14.3 Å². The first-order valence-electron chi connectivity index (χ1n) is 7.52. The van der Waals surface area contributed by atoms with Crippen molar-refractivity contribution in [3.05, 3.63) is 28.8 Å². The van der Waals surface area contributed by atoms with Crippen LogP contribution in [0.25, 0.3) is 0 Å². The molecular weight excluding hydrogens is 304 g/mol. The number of halogens is 1. The van der Waals surface area contributed by atoms with E-state index >= 15 is 0 Å². The largest absolute Gasteiger partial charge is 0.483 e. The second kappa shape index (κ2) is 8.36. The Morgan fingerprint density at radius 2 is 2.27 bits per heavy atom. The van der Waals surface area contributed by atoms with Gasteiger partial charge in [0.05, 0.1) is 6.61 Å². The maximum Gasteiger partial charge on any atom is 0.255 e. The van der Waals surface area contributed by atoms with Gasteiger partial charge in [-0.05, 0) is 37.6 Å². The smallest absolute Gasteiger partial charge is 0.255 e. The third-order valence-corrected chi connectivity index (χ3v) is 4.11. The van der Waals surface area contributed by atoms with Crippen LogP contribution in [-0.4, -0.2) is 43.7 Å². The van der Waals surface area contributed by atoms with E-state index in [-0.39, 0.29) is 6.61 Å². The number of nitrogens with zero attached hydrogens (tertiary/aromatic N) is 1. The molecule has 0 radical (unpaired) electrons. The summed E-state index contributed by atoms with van der Waals surface area (Å²) >= 11 is 6.10. The minimum absolute atomic E-state index is 0.129. The van der Waals surface area contributed by atoms with Crippen LogP contribution in [0.2, 0.25) is 5.02 Å². The number of methoxy groups -OCH3 is 1. The number of carbonyl (C=O) groups excluding carboxylic acids is 1. The normalized spacial score (nSPS) is 19.1. The molecule has 2 N–H and O–H groups in total. The van der Waals surface area contributed by atoms with Crippen molar-refractivity contribution in [1.29, 1.82) is 0 Å². The van der Waals surface area contributed by atoms with Crippen molar-refractivity contribution in [1.82, 2.24) is 4.90 Å². The average Bonchev–Trinajstić information content (AvgIpc) is 2.48. The summed E-state index contributed by atoms with van der Waals surface area (Å²) in [6.07, 6.45) is 3.54. The Bertz CT molecular complexity index is 508. The first-order chi connectivity index (χ1) is 10.6. The molecule has 122 valence electrons. The Labute approximate surface area is 136 Å². The lowest BCUT2D eigenvalue weighted by atomic mass is 10.0. The maximum absolute atomic E-state index is 10.9. The zero-order valence-electron chi connectivity index (χ0n) is 12.9. The van der Waals surface area contributed by atoms with Crippen LogP contribution in [0.3, 0.4) is 0 Å². The van der Waals surface area contributed by atoms with E-state index in [1.54, 1.807) is 19.2 Å². The number of hydrogen-bond acceptors (Lipinski definition) is 4. The van der Waals surface area contributed by atoms with E-state index in [4.69, 9.17) is 26.8 Å². The number of carbonyl (C=O) groups is 1. The van der Waals surface area contributed by atoms with Gasteiger partial charge in [-0.25, -0.2) is 0 Å². The van der Waals surface area contributed by atoms with E-state index in [2.05, 4.69) is 4.90 Å². The second-order valence-corrected chi connectivity index (χ2v) is 6.02. The molecule has 22 heavy (non-hydrogen) atoms. The van der Waals surface area contributed by atoms with Gasteiger partial charge in [0.2, 0.25) is 0 Å². The third kappa shape index (κ3) is 4.87. The number of rotatable bonds is 7. The van der Waals surface area contributed by atoms with E-state index < -0.39 is 5.91 Å². The summed E-state index contributed by atoms with van der Waals surface area (Å²) in [5.41, 5.74) is 6.12. The van der Waals surface area contributed by atoms with Crippen LogP contribution in [0.15, 0.2) is 18.2 Å². The van der Waals surface area contributed by atoms with Gasteiger partial charge in [-0.15, -0.1) is 0 Å². The molecule has 0 aromatic heterocycles. The van der Waals surface area contributed by atoms with Crippen LogP contribution in [0.1, 0.15) is 24.8 Å². The molecule has 1 unspecified atom stereocenters. The highest BCUT2D eigenvalue weighted by Gasteiger charge is 2.23. The molecule has 1 aliphatic rings. The lowest BCUT2D eigenvalue weighted by molar-refractivity contribution is -0.119. The summed E-state index contributed by atoms with van der Waals surface area (Å²) in [5.74, 6) is 0.168. The molecule has 1 amide bonds. The second-order valence-electron chi connectivity index (χ2n) is 5.58. The van der Waals surface area contributed by atoms with Crippen LogP contribution in [0.4, 0.5) is 0 Å². The van der Waals surface area contributed by atoms with Crippen LogP contribution in [0, 0.1) is 0 Å². The zero-order chi connectivity index (χ0) is 15.9. The summed E-state index contributed by atoms with van der Waals surface area (Å²) in [7, 11) is 1.73. The standard InChI is InChI=1S/C16H23ClN2O3/c1-21-10-14-4-2-3-7-19(14)9-12-8-13(17)5-6-15(12)22-11-16(18)20/h5-6,8,14H,2-4,7,9-11H2,1H3,(H2,18,20). The summed E-state index contributed by atoms with van der Waals surface area (Å²) in [6, 6.07) is 5.83. The minimum atomic E-state index is -0.490. The predicted octanol–water partition coefficient (Wildman–Crippen LogP) is 2.21. The number of ether oxygens (including phenoxy) is 2. The minimum Gasteiger partial charge on any atom is -0.483 e. The van der Waals surface area contributed by atoms with Crippen LogP contribution < -0.4 is 10.5 Å². The Morgan fingerprint density at radius 3 is 3.00 bits per heavy atom. The van der Waals surface area contributed by atoms with Gasteiger partial charge in [0.1, 0.15) is 5.75 Å². The topological polar surface area (TPSA) is 64.8 Å². The molecule has 1 saturated heterocycles. The average molecular weight is 327 g/mol. The fourth-order valence-electron chi connectivity index (χ4n) is 2.83. The van der Waals surface area contributed by atoms with Gasteiger partial charge in [0.15, 0.2) is 6.61 Å². The quantitative estimate of drug-likeness (QED) is 0.834.